The van der Waals surface area contributed by atoms with Gasteiger partial charge in [0.25, 0.3) is 0 Å². The smallest absolute Gasteiger partial charge is 0.199 e. The average Bonchev–Trinajstić information content (AvgIpc) is 3.25. The van der Waals surface area contributed by atoms with Gasteiger partial charge in [0, 0.05) is 66.5 Å². The second-order valence-corrected chi connectivity index (χ2v) is 9.95. The highest BCUT2D eigenvalue weighted by Crippen LogP contribution is 2.40. The molecule has 2 aliphatic rings. The Balaban J connectivity index is 1.43. The molecule has 2 saturated heterocycles. The number of ether oxygens (including phenoxy) is 1. The first-order chi connectivity index (χ1) is 15.7. The van der Waals surface area contributed by atoms with Crippen LogP contribution >= 0.6 is 23.4 Å². The lowest BCUT2D eigenvalue weighted by atomic mass is 10.0. The van der Waals surface area contributed by atoms with Gasteiger partial charge in [0.05, 0.1) is 0 Å². The number of anilines is 1. The van der Waals surface area contributed by atoms with Gasteiger partial charge in [-0.15, -0.1) is 0 Å². The maximum atomic E-state index is 6.35. The van der Waals surface area contributed by atoms with Gasteiger partial charge in [-0.05, 0) is 68.0 Å². The number of aromatic nitrogens is 1. The Morgan fingerprint density at radius 2 is 1.62 bits per heavy atom. The number of likely N-dealkylation sites (N-methyl/N-ethyl adjacent to an activating group) is 1. The predicted octanol–water partition coefficient (Wildman–Crippen LogP) is 5.79. The van der Waals surface area contributed by atoms with Crippen molar-refractivity contribution >= 4 is 29.1 Å². The van der Waals surface area contributed by atoms with Crippen molar-refractivity contribution in [3.63, 3.8) is 0 Å². The van der Waals surface area contributed by atoms with E-state index in [1.165, 1.54) is 5.69 Å². The van der Waals surface area contributed by atoms with Gasteiger partial charge < -0.3 is 19.0 Å². The molecule has 0 aliphatic carbocycles. The van der Waals surface area contributed by atoms with Crippen LogP contribution in [0.4, 0.5) is 5.69 Å². The highest BCUT2D eigenvalue weighted by Gasteiger charge is 2.25. The number of piperazine rings is 1. The van der Waals surface area contributed by atoms with Gasteiger partial charge in [-0.2, -0.15) is 0 Å². The molecule has 0 N–H and O–H groups in total. The van der Waals surface area contributed by atoms with E-state index in [0.29, 0.717) is 5.92 Å². The molecule has 7 heteroatoms. The predicted molar refractivity (Wildman–Crippen MR) is 130 cm³/mol. The number of rotatable bonds is 5. The standard InChI is InChI=1S/C25H28ClN3O2S/c1-28-12-14-29(15-13-28)21-6-2-18(3-7-21)23-25(32-22-8-4-20(26)5-9-22)31-24(27-23)19-10-16-30-17-11-19/h2-9,19H,10-17H2,1H3. The minimum absolute atomic E-state index is 0.312. The lowest BCUT2D eigenvalue weighted by Gasteiger charge is -2.34. The normalized spacial score (nSPS) is 18.2. The first-order valence-corrected chi connectivity index (χ1v) is 12.4. The zero-order valence-corrected chi connectivity index (χ0v) is 19.9. The number of halogens is 1. The summed E-state index contributed by atoms with van der Waals surface area (Å²) in [5.41, 5.74) is 3.26. The van der Waals surface area contributed by atoms with Crippen LogP contribution in [0.2, 0.25) is 5.02 Å². The number of hydrogen-bond donors (Lipinski definition) is 0. The van der Waals surface area contributed by atoms with Crippen molar-refractivity contribution in [2.75, 3.05) is 51.3 Å². The largest absolute Gasteiger partial charge is 0.433 e. The number of hydrogen-bond acceptors (Lipinski definition) is 6. The van der Waals surface area contributed by atoms with Crippen molar-refractivity contribution in [1.82, 2.24) is 9.88 Å². The highest BCUT2D eigenvalue weighted by atomic mass is 35.5. The van der Waals surface area contributed by atoms with E-state index in [1.54, 1.807) is 11.8 Å². The van der Waals surface area contributed by atoms with Crippen LogP contribution < -0.4 is 4.90 Å². The molecule has 1 aromatic heterocycles. The van der Waals surface area contributed by atoms with Crippen LogP contribution in [0.5, 0.6) is 0 Å². The summed E-state index contributed by atoms with van der Waals surface area (Å²) >= 11 is 7.67. The van der Waals surface area contributed by atoms with Gasteiger partial charge in [0.2, 0.25) is 0 Å². The van der Waals surface area contributed by atoms with Gasteiger partial charge >= 0.3 is 0 Å². The molecule has 3 heterocycles. The molecule has 0 saturated carbocycles. The molecule has 2 aliphatic heterocycles. The van der Waals surface area contributed by atoms with E-state index in [0.717, 1.165) is 84.4 Å². The van der Waals surface area contributed by atoms with Gasteiger partial charge in [-0.1, -0.05) is 23.7 Å². The van der Waals surface area contributed by atoms with Crippen molar-refractivity contribution < 1.29 is 9.15 Å². The van der Waals surface area contributed by atoms with Crippen molar-refractivity contribution in [3.05, 3.63) is 59.4 Å². The van der Waals surface area contributed by atoms with Crippen LogP contribution in [0.25, 0.3) is 11.3 Å². The van der Waals surface area contributed by atoms with Crippen molar-refractivity contribution in [2.24, 2.45) is 0 Å². The van der Waals surface area contributed by atoms with Crippen LogP contribution in [0.15, 0.2) is 62.9 Å². The summed E-state index contributed by atoms with van der Waals surface area (Å²) in [4.78, 5) is 10.9. The minimum Gasteiger partial charge on any atom is -0.433 e. The summed E-state index contributed by atoms with van der Waals surface area (Å²) in [6.07, 6.45) is 1.90. The summed E-state index contributed by atoms with van der Waals surface area (Å²) in [5.74, 6) is 1.13. The second-order valence-electron chi connectivity index (χ2n) is 8.47. The fraction of sp³-hybridized carbons (Fsp3) is 0.400. The summed E-state index contributed by atoms with van der Waals surface area (Å²) in [6, 6.07) is 16.6. The fourth-order valence-electron chi connectivity index (χ4n) is 4.20. The van der Waals surface area contributed by atoms with Crippen LogP contribution in [0.1, 0.15) is 24.7 Å². The van der Waals surface area contributed by atoms with Crippen LogP contribution in [-0.4, -0.2) is 56.3 Å². The van der Waals surface area contributed by atoms with E-state index < -0.39 is 0 Å². The topological polar surface area (TPSA) is 41.7 Å². The van der Waals surface area contributed by atoms with E-state index in [1.807, 2.05) is 24.3 Å². The summed E-state index contributed by atoms with van der Waals surface area (Å²) < 4.78 is 11.9. The SMILES string of the molecule is CN1CCN(c2ccc(-c3nc(C4CCOCC4)oc3Sc3ccc(Cl)cc3)cc2)CC1. The summed E-state index contributed by atoms with van der Waals surface area (Å²) in [7, 11) is 2.18. The van der Waals surface area contributed by atoms with Gasteiger partial charge in [0.15, 0.2) is 11.0 Å². The lowest BCUT2D eigenvalue weighted by Crippen LogP contribution is -2.44. The first kappa shape index (κ1) is 21.8. The maximum Gasteiger partial charge on any atom is 0.199 e. The van der Waals surface area contributed by atoms with Gasteiger partial charge in [-0.3, -0.25) is 0 Å². The molecular weight excluding hydrogens is 442 g/mol. The third-order valence-corrected chi connectivity index (χ3v) is 7.44. The maximum absolute atomic E-state index is 6.35. The molecule has 2 aromatic carbocycles. The van der Waals surface area contributed by atoms with E-state index in [-0.39, 0.29) is 0 Å². The highest BCUT2D eigenvalue weighted by molar-refractivity contribution is 7.99. The Morgan fingerprint density at radius 1 is 0.938 bits per heavy atom. The van der Waals surface area contributed by atoms with Crippen molar-refractivity contribution in [3.8, 4) is 11.3 Å². The molecule has 0 amide bonds. The fourth-order valence-corrected chi connectivity index (χ4v) is 5.20. The molecule has 3 aromatic rings. The molecular formula is C25H28ClN3O2S. The lowest BCUT2D eigenvalue weighted by molar-refractivity contribution is 0.0786. The molecule has 5 rings (SSSR count). The molecule has 0 unspecified atom stereocenters. The van der Waals surface area contributed by atoms with E-state index in [9.17, 15) is 0 Å². The average molecular weight is 470 g/mol. The van der Waals surface area contributed by atoms with Crippen LogP contribution in [0.3, 0.4) is 0 Å². The molecule has 32 heavy (non-hydrogen) atoms. The number of benzene rings is 2. The molecule has 0 bridgehead atoms. The summed E-state index contributed by atoms with van der Waals surface area (Å²) in [5, 5.41) is 1.57. The molecule has 2 fully saturated rings. The van der Waals surface area contributed by atoms with Gasteiger partial charge in [0.1, 0.15) is 5.69 Å². The molecule has 0 spiro atoms. The Labute approximate surface area is 198 Å². The molecule has 168 valence electrons. The monoisotopic (exact) mass is 469 g/mol. The minimum atomic E-state index is 0.312. The van der Waals surface area contributed by atoms with Crippen LogP contribution in [-0.2, 0) is 4.74 Å². The third kappa shape index (κ3) is 4.99. The van der Waals surface area contributed by atoms with E-state index >= 15 is 0 Å². The molecule has 5 nitrogen and oxygen atoms in total. The van der Waals surface area contributed by atoms with E-state index in [4.69, 9.17) is 25.7 Å². The van der Waals surface area contributed by atoms with Gasteiger partial charge in [-0.25, -0.2) is 4.98 Å². The molecule has 0 atom stereocenters. The van der Waals surface area contributed by atoms with E-state index in [2.05, 4.69) is 41.1 Å². The second kappa shape index (κ2) is 9.87. The number of oxazole rings is 1. The van der Waals surface area contributed by atoms with Crippen molar-refractivity contribution in [1.29, 1.82) is 0 Å². The summed E-state index contributed by atoms with van der Waals surface area (Å²) in [6.45, 7) is 5.85. The zero-order chi connectivity index (χ0) is 21.9. The number of nitrogens with zero attached hydrogens (tertiary/aromatic N) is 3. The Hall–Kier alpha value is -1.99. The molecule has 0 radical (unpaired) electrons. The third-order valence-electron chi connectivity index (χ3n) is 6.22. The zero-order valence-electron chi connectivity index (χ0n) is 18.3. The van der Waals surface area contributed by atoms with Crippen LogP contribution in [0, 0.1) is 0 Å². The Bertz CT molecular complexity index is 1020. The van der Waals surface area contributed by atoms with Crippen molar-refractivity contribution in [2.45, 2.75) is 28.7 Å². The quantitative estimate of drug-likeness (QED) is 0.471. The Morgan fingerprint density at radius 3 is 2.31 bits per heavy atom. The first-order valence-electron chi connectivity index (χ1n) is 11.2. The Kier molecular flexibility index (Phi) is 6.74.